The lowest BCUT2D eigenvalue weighted by Gasteiger charge is -2.30. The second-order valence-corrected chi connectivity index (χ2v) is 7.83. The van der Waals surface area contributed by atoms with E-state index in [4.69, 9.17) is 0 Å². The van der Waals surface area contributed by atoms with Crippen molar-refractivity contribution in [3.63, 3.8) is 0 Å². The number of rotatable bonds is 8. The van der Waals surface area contributed by atoms with E-state index in [2.05, 4.69) is 24.8 Å². The Morgan fingerprint density at radius 1 is 1.33 bits per heavy atom. The lowest BCUT2D eigenvalue weighted by atomic mass is 10.1. The SMILES string of the molecule is C[C@H](CS)C(=O)N1[C@@H](SCCCc2ccccc2)CC[C@H]1C(=O)O. The summed E-state index contributed by atoms with van der Waals surface area (Å²) in [4.78, 5) is 25.6. The van der Waals surface area contributed by atoms with Gasteiger partial charge in [0.15, 0.2) is 0 Å². The van der Waals surface area contributed by atoms with Crippen LogP contribution in [0.15, 0.2) is 30.3 Å². The van der Waals surface area contributed by atoms with Crippen LogP contribution in [0.2, 0.25) is 0 Å². The summed E-state index contributed by atoms with van der Waals surface area (Å²) < 4.78 is 0. The average molecular weight is 368 g/mol. The topological polar surface area (TPSA) is 57.6 Å². The highest BCUT2D eigenvalue weighted by Gasteiger charge is 2.42. The minimum atomic E-state index is -0.901. The normalized spacial score (nSPS) is 21.7. The van der Waals surface area contributed by atoms with Crippen LogP contribution < -0.4 is 0 Å². The molecule has 0 aromatic heterocycles. The first-order chi connectivity index (χ1) is 11.5. The molecule has 1 aromatic carbocycles. The van der Waals surface area contributed by atoms with Crippen LogP contribution in [0.5, 0.6) is 0 Å². The van der Waals surface area contributed by atoms with Gasteiger partial charge in [-0.3, -0.25) is 4.79 Å². The monoisotopic (exact) mass is 367 g/mol. The Labute approximate surface area is 153 Å². The van der Waals surface area contributed by atoms with Crippen molar-refractivity contribution in [3.05, 3.63) is 35.9 Å². The van der Waals surface area contributed by atoms with Crippen molar-refractivity contribution in [2.24, 2.45) is 5.92 Å². The molecule has 1 fully saturated rings. The molecule has 1 N–H and O–H groups in total. The number of benzene rings is 1. The van der Waals surface area contributed by atoms with Crippen molar-refractivity contribution in [1.29, 1.82) is 0 Å². The average Bonchev–Trinajstić information content (AvgIpc) is 3.02. The van der Waals surface area contributed by atoms with Crippen LogP contribution in [0.25, 0.3) is 0 Å². The molecule has 1 saturated heterocycles. The number of likely N-dealkylation sites (tertiary alicyclic amines) is 1. The zero-order valence-electron chi connectivity index (χ0n) is 13.9. The first-order valence-corrected chi connectivity index (χ1v) is 10.0. The van der Waals surface area contributed by atoms with Crippen molar-refractivity contribution in [2.45, 2.75) is 44.0 Å². The van der Waals surface area contributed by atoms with Crippen molar-refractivity contribution < 1.29 is 14.7 Å². The van der Waals surface area contributed by atoms with E-state index in [9.17, 15) is 14.7 Å². The fourth-order valence-electron chi connectivity index (χ4n) is 2.95. The molecule has 2 rings (SSSR count). The van der Waals surface area contributed by atoms with E-state index in [1.807, 2.05) is 25.1 Å². The summed E-state index contributed by atoms with van der Waals surface area (Å²) in [5, 5.41) is 9.37. The number of hydrogen-bond donors (Lipinski definition) is 2. The van der Waals surface area contributed by atoms with Gasteiger partial charge in [0.05, 0.1) is 5.37 Å². The highest BCUT2D eigenvalue weighted by Crippen LogP contribution is 2.34. The van der Waals surface area contributed by atoms with E-state index < -0.39 is 12.0 Å². The summed E-state index contributed by atoms with van der Waals surface area (Å²) >= 11 is 5.89. The molecule has 0 spiro atoms. The number of aliphatic carboxylic acids is 1. The van der Waals surface area contributed by atoms with Crippen LogP contribution in [0, 0.1) is 5.92 Å². The number of aryl methyl sites for hydroxylation is 1. The number of hydrogen-bond acceptors (Lipinski definition) is 4. The van der Waals surface area contributed by atoms with Crippen LogP contribution in [0.3, 0.4) is 0 Å². The maximum Gasteiger partial charge on any atom is 0.326 e. The highest BCUT2D eigenvalue weighted by atomic mass is 32.2. The van der Waals surface area contributed by atoms with Crippen LogP contribution in [-0.4, -0.2) is 44.8 Å². The Kier molecular flexibility index (Phi) is 7.49. The number of thiol groups is 1. The molecule has 24 heavy (non-hydrogen) atoms. The minimum Gasteiger partial charge on any atom is -0.480 e. The lowest BCUT2D eigenvalue weighted by Crippen LogP contribution is -2.46. The summed E-state index contributed by atoms with van der Waals surface area (Å²) in [6.07, 6.45) is 3.31. The van der Waals surface area contributed by atoms with Crippen molar-refractivity contribution in [3.8, 4) is 0 Å². The molecular formula is C18H25NO3S2. The molecule has 1 aliphatic heterocycles. The molecule has 132 valence electrons. The van der Waals surface area contributed by atoms with E-state index in [-0.39, 0.29) is 17.2 Å². The van der Waals surface area contributed by atoms with Gasteiger partial charge in [-0.2, -0.15) is 12.6 Å². The molecule has 0 radical (unpaired) electrons. The molecule has 0 unspecified atom stereocenters. The Morgan fingerprint density at radius 3 is 2.67 bits per heavy atom. The molecular weight excluding hydrogens is 342 g/mol. The maximum atomic E-state index is 12.6. The van der Waals surface area contributed by atoms with Gasteiger partial charge >= 0.3 is 5.97 Å². The maximum absolute atomic E-state index is 12.6. The second-order valence-electron chi connectivity index (χ2n) is 6.18. The van der Waals surface area contributed by atoms with Crippen LogP contribution in [0.1, 0.15) is 31.7 Å². The molecule has 1 amide bonds. The fraction of sp³-hybridized carbons (Fsp3) is 0.556. The van der Waals surface area contributed by atoms with Gasteiger partial charge in [-0.05, 0) is 37.0 Å². The fourth-order valence-corrected chi connectivity index (χ4v) is 4.41. The predicted molar refractivity (Wildman–Crippen MR) is 102 cm³/mol. The number of carbonyl (C=O) groups is 2. The van der Waals surface area contributed by atoms with Gasteiger partial charge in [-0.25, -0.2) is 4.79 Å². The molecule has 0 aliphatic carbocycles. The first-order valence-electron chi connectivity index (χ1n) is 8.36. The second kappa shape index (κ2) is 9.37. The third-order valence-electron chi connectivity index (χ3n) is 4.33. The largest absolute Gasteiger partial charge is 0.480 e. The van der Waals surface area contributed by atoms with Gasteiger partial charge in [0.1, 0.15) is 6.04 Å². The Hall–Kier alpha value is -1.14. The lowest BCUT2D eigenvalue weighted by molar-refractivity contribution is -0.149. The van der Waals surface area contributed by atoms with E-state index in [0.29, 0.717) is 12.2 Å². The number of amides is 1. The van der Waals surface area contributed by atoms with Gasteiger partial charge in [-0.1, -0.05) is 37.3 Å². The quantitative estimate of drug-likeness (QED) is 0.547. The number of nitrogens with zero attached hydrogens (tertiary/aromatic N) is 1. The van der Waals surface area contributed by atoms with E-state index in [1.54, 1.807) is 16.7 Å². The molecule has 3 atom stereocenters. The third kappa shape index (κ3) is 4.93. The summed E-state index contributed by atoms with van der Waals surface area (Å²) in [5.74, 6) is 0.121. The number of carboxylic acids is 1. The highest BCUT2D eigenvalue weighted by molar-refractivity contribution is 7.99. The standard InChI is InChI=1S/C18H25NO3S2/c1-13(12-23)17(20)19-15(18(21)22)9-10-16(19)24-11-5-8-14-6-3-2-4-7-14/h2-4,6-7,13,15-16,23H,5,8-12H2,1H3,(H,21,22)/t13-,15+,16+/m1/s1. The zero-order valence-corrected chi connectivity index (χ0v) is 15.6. The zero-order chi connectivity index (χ0) is 17.5. The smallest absolute Gasteiger partial charge is 0.326 e. The van der Waals surface area contributed by atoms with Gasteiger partial charge in [0, 0.05) is 11.7 Å². The van der Waals surface area contributed by atoms with E-state index in [1.165, 1.54) is 5.56 Å². The summed E-state index contributed by atoms with van der Waals surface area (Å²) in [7, 11) is 0. The third-order valence-corrected chi connectivity index (χ3v) is 6.25. The van der Waals surface area contributed by atoms with Gasteiger partial charge in [0.2, 0.25) is 5.91 Å². The van der Waals surface area contributed by atoms with Crippen LogP contribution in [-0.2, 0) is 16.0 Å². The number of thioether (sulfide) groups is 1. The van der Waals surface area contributed by atoms with Gasteiger partial charge < -0.3 is 10.0 Å². The number of carbonyl (C=O) groups excluding carboxylic acids is 1. The molecule has 1 heterocycles. The van der Waals surface area contributed by atoms with E-state index in [0.717, 1.165) is 25.0 Å². The van der Waals surface area contributed by atoms with Crippen molar-refractivity contribution in [2.75, 3.05) is 11.5 Å². The van der Waals surface area contributed by atoms with Gasteiger partial charge in [0.25, 0.3) is 0 Å². The van der Waals surface area contributed by atoms with Crippen molar-refractivity contribution in [1.82, 2.24) is 4.90 Å². The predicted octanol–water partition coefficient (Wildman–Crippen LogP) is 3.32. The van der Waals surface area contributed by atoms with E-state index >= 15 is 0 Å². The molecule has 0 saturated carbocycles. The minimum absolute atomic E-state index is 0.0308. The van der Waals surface area contributed by atoms with Crippen LogP contribution >= 0.6 is 24.4 Å². The Bertz CT molecular complexity index is 552. The summed E-state index contributed by atoms with van der Waals surface area (Å²) in [5.41, 5.74) is 1.31. The number of carboxylic acid groups (broad SMARTS) is 1. The molecule has 6 heteroatoms. The van der Waals surface area contributed by atoms with Gasteiger partial charge in [-0.15, -0.1) is 11.8 Å². The van der Waals surface area contributed by atoms with Crippen LogP contribution in [0.4, 0.5) is 0 Å². The molecule has 1 aromatic rings. The Morgan fingerprint density at radius 2 is 2.04 bits per heavy atom. The summed E-state index contributed by atoms with van der Waals surface area (Å²) in [6.45, 7) is 1.81. The first kappa shape index (κ1) is 19.2. The summed E-state index contributed by atoms with van der Waals surface area (Å²) in [6, 6.07) is 9.63. The molecule has 0 bridgehead atoms. The molecule has 1 aliphatic rings. The van der Waals surface area contributed by atoms with Crippen molar-refractivity contribution >= 4 is 36.3 Å². The molecule has 4 nitrogen and oxygen atoms in total. The Balaban J connectivity index is 1.90.